The van der Waals surface area contributed by atoms with E-state index in [1.165, 1.54) is 11.1 Å². The predicted molar refractivity (Wildman–Crippen MR) is 79.5 cm³/mol. The SMILES string of the molecule is O=C(c1ccccc1Br)N1C=Cc2ccccc2C1. The molecule has 0 bridgehead atoms. The van der Waals surface area contributed by atoms with Crippen LogP contribution in [-0.2, 0) is 6.54 Å². The smallest absolute Gasteiger partial charge is 0.259 e. The lowest BCUT2D eigenvalue weighted by Gasteiger charge is -2.24. The van der Waals surface area contributed by atoms with Gasteiger partial charge in [-0.05, 0) is 45.3 Å². The fourth-order valence-corrected chi connectivity index (χ4v) is 2.63. The van der Waals surface area contributed by atoms with E-state index in [0.717, 1.165) is 4.47 Å². The van der Waals surface area contributed by atoms with E-state index in [0.29, 0.717) is 12.1 Å². The summed E-state index contributed by atoms with van der Waals surface area (Å²) < 4.78 is 0.826. The molecule has 1 amide bonds. The molecule has 2 aromatic rings. The molecular formula is C16H12BrNO. The van der Waals surface area contributed by atoms with Crippen LogP contribution in [0.4, 0.5) is 0 Å². The average Bonchev–Trinajstić information content (AvgIpc) is 2.46. The van der Waals surface area contributed by atoms with Gasteiger partial charge in [-0.15, -0.1) is 0 Å². The van der Waals surface area contributed by atoms with Gasteiger partial charge >= 0.3 is 0 Å². The average molecular weight is 314 g/mol. The number of amides is 1. The maximum atomic E-state index is 12.5. The van der Waals surface area contributed by atoms with E-state index < -0.39 is 0 Å². The van der Waals surface area contributed by atoms with E-state index in [4.69, 9.17) is 0 Å². The van der Waals surface area contributed by atoms with Gasteiger partial charge in [0.05, 0.1) is 12.1 Å². The molecule has 2 nitrogen and oxygen atoms in total. The van der Waals surface area contributed by atoms with Crippen molar-refractivity contribution in [2.24, 2.45) is 0 Å². The van der Waals surface area contributed by atoms with Crippen LogP contribution in [-0.4, -0.2) is 10.8 Å². The molecule has 0 fully saturated rings. The van der Waals surface area contributed by atoms with E-state index in [1.54, 1.807) is 4.90 Å². The first-order chi connectivity index (χ1) is 9.25. The number of rotatable bonds is 1. The molecule has 94 valence electrons. The van der Waals surface area contributed by atoms with Crippen molar-refractivity contribution in [3.05, 3.63) is 75.9 Å². The van der Waals surface area contributed by atoms with Crippen molar-refractivity contribution in [1.29, 1.82) is 0 Å². The van der Waals surface area contributed by atoms with Gasteiger partial charge in [-0.25, -0.2) is 0 Å². The molecule has 1 aliphatic rings. The van der Waals surface area contributed by atoms with Gasteiger partial charge in [-0.2, -0.15) is 0 Å². The normalized spacial score (nSPS) is 13.2. The summed E-state index contributed by atoms with van der Waals surface area (Å²) in [7, 11) is 0. The molecule has 0 aliphatic carbocycles. The Hall–Kier alpha value is -1.87. The third kappa shape index (κ3) is 2.34. The highest BCUT2D eigenvalue weighted by atomic mass is 79.9. The Balaban J connectivity index is 1.90. The van der Waals surface area contributed by atoms with Crippen LogP contribution in [0.25, 0.3) is 6.08 Å². The predicted octanol–water partition coefficient (Wildman–Crippen LogP) is 4.08. The van der Waals surface area contributed by atoms with Gasteiger partial charge in [-0.1, -0.05) is 36.4 Å². The zero-order valence-corrected chi connectivity index (χ0v) is 11.8. The molecule has 1 heterocycles. The third-order valence-electron chi connectivity index (χ3n) is 3.19. The van der Waals surface area contributed by atoms with Crippen molar-refractivity contribution in [2.75, 3.05) is 0 Å². The van der Waals surface area contributed by atoms with Crippen molar-refractivity contribution in [1.82, 2.24) is 4.90 Å². The summed E-state index contributed by atoms with van der Waals surface area (Å²) in [5.41, 5.74) is 3.04. The van der Waals surface area contributed by atoms with Crippen LogP contribution in [0.2, 0.25) is 0 Å². The van der Waals surface area contributed by atoms with Crippen LogP contribution in [0, 0.1) is 0 Å². The van der Waals surface area contributed by atoms with Crippen LogP contribution < -0.4 is 0 Å². The van der Waals surface area contributed by atoms with Crippen LogP contribution in [0.3, 0.4) is 0 Å². The van der Waals surface area contributed by atoms with Crippen LogP contribution in [0.1, 0.15) is 21.5 Å². The Morgan fingerprint density at radius 1 is 1.05 bits per heavy atom. The van der Waals surface area contributed by atoms with Gasteiger partial charge in [0.1, 0.15) is 0 Å². The summed E-state index contributed by atoms with van der Waals surface area (Å²) in [5.74, 6) is 0.0122. The van der Waals surface area contributed by atoms with Gasteiger partial charge in [0.15, 0.2) is 0 Å². The lowest BCUT2D eigenvalue weighted by Crippen LogP contribution is -2.27. The Bertz CT molecular complexity index is 663. The summed E-state index contributed by atoms with van der Waals surface area (Å²) in [6.45, 7) is 0.618. The second-order valence-electron chi connectivity index (χ2n) is 4.43. The third-order valence-corrected chi connectivity index (χ3v) is 3.89. The highest BCUT2D eigenvalue weighted by Gasteiger charge is 2.19. The lowest BCUT2D eigenvalue weighted by atomic mass is 10.0. The summed E-state index contributed by atoms with van der Waals surface area (Å²) >= 11 is 3.42. The fraction of sp³-hybridized carbons (Fsp3) is 0.0625. The van der Waals surface area contributed by atoms with Gasteiger partial charge in [0, 0.05) is 10.7 Å². The number of benzene rings is 2. The van der Waals surface area contributed by atoms with Gasteiger partial charge < -0.3 is 4.90 Å². The fourth-order valence-electron chi connectivity index (χ4n) is 2.18. The van der Waals surface area contributed by atoms with Crippen molar-refractivity contribution in [3.63, 3.8) is 0 Å². The van der Waals surface area contributed by atoms with E-state index in [9.17, 15) is 4.79 Å². The molecule has 0 atom stereocenters. The molecule has 3 rings (SSSR count). The second-order valence-corrected chi connectivity index (χ2v) is 5.28. The topological polar surface area (TPSA) is 20.3 Å². The number of nitrogens with zero attached hydrogens (tertiary/aromatic N) is 1. The largest absolute Gasteiger partial charge is 0.311 e. The minimum atomic E-state index is 0.0122. The van der Waals surface area contributed by atoms with E-state index in [-0.39, 0.29) is 5.91 Å². The quantitative estimate of drug-likeness (QED) is 0.777. The Kier molecular flexibility index (Phi) is 3.22. The Labute approximate surface area is 120 Å². The molecule has 0 radical (unpaired) electrons. The van der Waals surface area contributed by atoms with Crippen molar-refractivity contribution < 1.29 is 4.79 Å². The highest BCUT2D eigenvalue weighted by Crippen LogP contribution is 2.23. The number of carbonyl (C=O) groups excluding carboxylic acids is 1. The highest BCUT2D eigenvalue weighted by molar-refractivity contribution is 9.10. The number of hydrogen-bond acceptors (Lipinski definition) is 1. The van der Waals surface area contributed by atoms with Crippen molar-refractivity contribution >= 4 is 27.9 Å². The van der Waals surface area contributed by atoms with Crippen molar-refractivity contribution in [2.45, 2.75) is 6.54 Å². The summed E-state index contributed by atoms with van der Waals surface area (Å²) in [6.07, 6.45) is 3.83. The van der Waals surface area contributed by atoms with Crippen molar-refractivity contribution in [3.8, 4) is 0 Å². The van der Waals surface area contributed by atoms with Crippen LogP contribution in [0.5, 0.6) is 0 Å². The minimum absolute atomic E-state index is 0.0122. The Morgan fingerprint density at radius 2 is 1.79 bits per heavy atom. The van der Waals surface area contributed by atoms with E-state index in [1.807, 2.05) is 48.7 Å². The molecule has 0 saturated carbocycles. The molecular weight excluding hydrogens is 302 g/mol. The molecule has 0 saturated heterocycles. The zero-order chi connectivity index (χ0) is 13.2. The first-order valence-electron chi connectivity index (χ1n) is 6.07. The van der Waals surface area contributed by atoms with Gasteiger partial charge in [0.2, 0.25) is 0 Å². The van der Waals surface area contributed by atoms with E-state index >= 15 is 0 Å². The summed E-state index contributed by atoms with van der Waals surface area (Å²) in [4.78, 5) is 14.2. The number of fused-ring (bicyclic) bond motifs is 1. The molecule has 19 heavy (non-hydrogen) atoms. The Morgan fingerprint density at radius 3 is 2.63 bits per heavy atom. The van der Waals surface area contributed by atoms with Crippen LogP contribution >= 0.6 is 15.9 Å². The maximum Gasteiger partial charge on any atom is 0.259 e. The minimum Gasteiger partial charge on any atom is -0.311 e. The molecule has 0 aromatic heterocycles. The van der Waals surface area contributed by atoms with Gasteiger partial charge in [-0.3, -0.25) is 4.79 Å². The summed E-state index contributed by atoms with van der Waals surface area (Å²) in [6, 6.07) is 15.6. The molecule has 0 unspecified atom stereocenters. The first kappa shape index (κ1) is 12.2. The number of halogens is 1. The van der Waals surface area contributed by atoms with Gasteiger partial charge in [0.25, 0.3) is 5.91 Å². The monoisotopic (exact) mass is 313 g/mol. The van der Waals surface area contributed by atoms with Crippen LogP contribution in [0.15, 0.2) is 59.2 Å². The maximum absolute atomic E-state index is 12.5. The second kappa shape index (κ2) is 5.02. The molecule has 2 aromatic carbocycles. The zero-order valence-electron chi connectivity index (χ0n) is 10.2. The molecule has 1 aliphatic heterocycles. The summed E-state index contributed by atoms with van der Waals surface area (Å²) in [5, 5.41) is 0. The standard InChI is InChI=1S/C16H12BrNO/c17-15-8-4-3-7-14(15)16(19)18-10-9-12-5-1-2-6-13(12)11-18/h1-10H,11H2. The lowest BCUT2D eigenvalue weighted by molar-refractivity contribution is 0.0812. The molecule has 0 N–H and O–H groups in total. The first-order valence-corrected chi connectivity index (χ1v) is 6.86. The number of carbonyl (C=O) groups is 1. The molecule has 0 spiro atoms. The molecule has 3 heteroatoms. The van der Waals surface area contributed by atoms with E-state index in [2.05, 4.69) is 28.1 Å². The number of hydrogen-bond donors (Lipinski definition) is 0.